The molecule has 3 N–H and O–H groups in total. The molecule has 0 bridgehead atoms. The van der Waals surface area contributed by atoms with Crippen molar-refractivity contribution in [3.63, 3.8) is 0 Å². The van der Waals surface area contributed by atoms with Gasteiger partial charge in [-0.3, -0.25) is 0 Å². The lowest BCUT2D eigenvalue weighted by Gasteiger charge is -2.25. The first-order valence-corrected chi connectivity index (χ1v) is 7.11. The third kappa shape index (κ3) is 3.81. The Kier molecular flexibility index (Phi) is 4.74. The van der Waals surface area contributed by atoms with Crippen LogP contribution in [0.25, 0.3) is 0 Å². The number of nitrogens with zero attached hydrogens (tertiary/aromatic N) is 4. The molecule has 0 unspecified atom stereocenters. The molecule has 6 nitrogen and oxygen atoms in total. The number of nitrogens with one attached hydrogen (secondary N) is 1. The molecule has 2 rings (SSSR count). The van der Waals surface area contributed by atoms with Crippen molar-refractivity contribution in [2.45, 2.75) is 39.0 Å². The van der Waals surface area contributed by atoms with Crippen molar-refractivity contribution in [1.82, 2.24) is 9.97 Å². The molecule has 0 aromatic carbocycles. The van der Waals surface area contributed by atoms with E-state index >= 15 is 0 Å². The first kappa shape index (κ1) is 14.5. The molecular weight excluding hydrogens is 252 g/mol. The fourth-order valence-corrected chi connectivity index (χ4v) is 2.14. The van der Waals surface area contributed by atoms with E-state index in [1.54, 1.807) is 0 Å². The summed E-state index contributed by atoms with van der Waals surface area (Å²) in [5, 5.41) is 8.81. The second-order valence-electron chi connectivity index (χ2n) is 5.64. The second kappa shape index (κ2) is 6.53. The van der Waals surface area contributed by atoms with Crippen molar-refractivity contribution in [2.24, 2.45) is 11.8 Å². The highest BCUT2D eigenvalue weighted by Gasteiger charge is 2.28. The zero-order valence-corrected chi connectivity index (χ0v) is 12.1. The van der Waals surface area contributed by atoms with Gasteiger partial charge in [-0.05, 0) is 18.8 Å². The Hall–Kier alpha value is -1.87. The SMILES string of the molecule is CC(C)CN(CCC#N)c1cc(NN)nc(C2CC2)n1. The van der Waals surface area contributed by atoms with E-state index in [2.05, 4.69) is 40.2 Å². The number of hydrogen-bond donors (Lipinski definition) is 2. The number of nitrogen functional groups attached to an aromatic ring is 1. The van der Waals surface area contributed by atoms with Crippen molar-refractivity contribution in [3.8, 4) is 6.07 Å². The maximum absolute atomic E-state index is 8.81. The topological polar surface area (TPSA) is 90.9 Å². The number of nitrogens with two attached hydrogens (primary N) is 1. The lowest BCUT2D eigenvalue weighted by molar-refractivity contribution is 0.606. The first-order chi connectivity index (χ1) is 9.63. The minimum absolute atomic E-state index is 0.471. The summed E-state index contributed by atoms with van der Waals surface area (Å²) in [4.78, 5) is 11.2. The molecule has 0 saturated heterocycles. The third-order valence-electron chi connectivity index (χ3n) is 3.22. The number of nitriles is 1. The predicted molar refractivity (Wildman–Crippen MR) is 79.1 cm³/mol. The quantitative estimate of drug-likeness (QED) is 0.584. The minimum atomic E-state index is 0.471. The van der Waals surface area contributed by atoms with E-state index < -0.39 is 0 Å². The molecule has 0 radical (unpaired) electrons. The van der Waals surface area contributed by atoms with Gasteiger partial charge in [0.2, 0.25) is 0 Å². The van der Waals surface area contributed by atoms with Crippen LogP contribution >= 0.6 is 0 Å². The number of anilines is 2. The molecule has 1 aliphatic carbocycles. The van der Waals surface area contributed by atoms with Crippen LogP contribution in [-0.4, -0.2) is 23.1 Å². The van der Waals surface area contributed by atoms with Crippen LogP contribution in [0, 0.1) is 17.2 Å². The molecule has 0 amide bonds. The van der Waals surface area contributed by atoms with Gasteiger partial charge >= 0.3 is 0 Å². The van der Waals surface area contributed by atoms with Gasteiger partial charge in [-0.1, -0.05) is 13.8 Å². The van der Waals surface area contributed by atoms with Crippen molar-refractivity contribution >= 4 is 11.6 Å². The molecule has 0 aliphatic heterocycles. The van der Waals surface area contributed by atoms with Gasteiger partial charge in [0.15, 0.2) is 0 Å². The number of rotatable bonds is 7. The van der Waals surface area contributed by atoms with Crippen molar-refractivity contribution < 1.29 is 0 Å². The summed E-state index contributed by atoms with van der Waals surface area (Å²) < 4.78 is 0. The van der Waals surface area contributed by atoms with Crippen molar-refractivity contribution in [2.75, 3.05) is 23.4 Å². The van der Waals surface area contributed by atoms with Gasteiger partial charge in [-0.15, -0.1) is 0 Å². The molecular formula is C14H22N6. The van der Waals surface area contributed by atoms with Gasteiger partial charge in [0.05, 0.1) is 12.5 Å². The molecule has 1 saturated carbocycles. The van der Waals surface area contributed by atoms with Crippen LogP contribution in [0.4, 0.5) is 11.6 Å². The Morgan fingerprint density at radius 1 is 1.50 bits per heavy atom. The summed E-state index contributed by atoms with van der Waals surface area (Å²) in [6.45, 7) is 5.86. The van der Waals surface area contributed by atoms with E-state index in [0.29, 0.717) is 30.6 Å². The van der Waals surface area contributed by atoms with Gasteiger partial charge in [-0.25, -0.2) is 15.8 Å². The monoisotopic (exact) mass is 274 g/mol. The summed E-state index contributed by atoms with van der Waals surface area (Å²) >= 11 is 0. The zero-order valence-electron chi connectivity index (χ0n) is 12.1. The van der Waals surface area contributed by atoms with Crippen molar-refractivity contribution in [1.29, 1.82) is 5.26 Å². The van der Waals surface area contributed by atoms with Gasteiger partial charge < -0.3 is 10.3 Å². The van der Waals surface area contributed by atoms with E-state index in [4.69, 9.17) is 11.1 Å². The molecule has 1 aromatic heterocycles. The van der Waals surface area contributed by atoms with E-state index in [1.807, 2.05) is 6.07 Å². The molecule has 0 spiro atoms. The lowest BCUT2D eigenvalue weighted by Crippen LogP contribution is -2.30. The summed E-state index contributed by atoms with van der Waals surface area (Å²) in [7, 11) is 0. The predicted octanol–water partition coefficient (Wildman–Crippen LogP) is 2.02. The van der Waals surface area contributed by atoms with Gasteiger partial charge in [0.1, 0.15) is 17.5 Å². The Labute approximate surface area is 120 Å². The molecule has 0 atom stereocenters. The molecule has 1 fully saturated rings. The van der Waals surface area contributed by atoms with Gasteiger partial charge in [-0.2, -0.15) is 5.26 Å². The average Bonchev–Trinajstić information content (AvgIpc) is 3.27. The van der Waals surface area contributed by atoms with Crippen LogP contribution in [0.1, 0.15) is 44.9 Å². The number of hydrogen-bond acceptors (Lipinski definition) is 6. The highest BCUT2D eigenvalue weighted by atomic mass is 15.3. The van der Waals surface area contributed by atoms with Crippen LogP contribution in [0.15, 0.2) is 6.07 Å². The van der Waals surface area contributed by atoms with Crippen LogP contribution in [-0.2, 0) is 0 Å². The summed E-state index contributed by atoms with van der Waals surface area (Å²) in [6, 6.07) is 4.05. The van der Waals surface area contributed by atoms with Gasteiger partial charge in [0.25, 0.3) is 0 Å². The van der Waals surface area contributed by atoms with E-state index in [0.717, 1.165) is 31.0 Å². The normalized spacial score (nSPS) is 14.2. The van der Waals surface area contributed by atoms with Crippen LogP contribution < -0.4 is 16.2 Å². The lowest BCUT2D eigenvalue weighted by atomic mass is 10.2. The highest BCUT2D eigenvalue weighted by Crippen LogP contribution is 2.39. The van der Waals surface area contributed by atoms with E-state index in [9.17, 15) is 0 Å². The fraction of sp³-hybridized carbons (Fsp3) is 0.643. The number of aromatic nitrogens is 2. The molecule has 1 aliphatic rings. The Balaban J connectivity index is 2.25. The summed E-state index contributed by atoms with van der Waals surface area (Å²) in [6.07, 6.45) is 2.78. The fourth-order valence-electron chi connectivity index (χ4n) is 2.14. The van der Waals surface area contributed by atoms with Crippen LogP contribution in [0.3, 0.4) is 0 Å². The molecule has 108 valence electrons. The molecule has 20 heavy (non-hydrogen) atoms. The second-order valence-corrected chi connectivity index (χ2v) is 5.64. The maximum atomic E-state index is 8.81. The largest absolute Gasteiger partial charge is 0.355 e. The maximum Gasteiger partial charge on any atom is 0.145 e. The molecule has 1 aromatic rings. The Morgan fingerprint density at radius 2 is 2.25 bits per heavy atom. The van der Waals surface area contributed by atoms with Crippen LogP contribution in [0.2, 0.25) is 0 Å². The zero-order chi connectivity index (χ0) is 14.5. The number of hydrazine groups is 1. The standard InChI is InChI=1S/C14H22N6/c1-10(2)9-20(7-3-6-15)13-8-12(19-16)17-14(18-13)11-4-5-11/h8,10-11H,3-5,7,9,16H2,1-2H3,(H,17,18,19). The average molecular weight is 274 g/mol. The van der Waals surface area contributed by atoms with Crippen molar-refractivity contribution in [3.05, 3.63) is 11.9 Å². The first-order valence-electron chi connectivity index (χ1n) is 7.11. The third-order valence-corrected chi connectivity index (χ3v) is 3.22. The van der Waals surface area contributed by atoms with E-state index in [-0.39, 0.29) is 0 Å². The Bertz CT molecular complexity index is 489. The Morgan fingerprint density at radius 3 is 2.80 bits per heavy atom. The van der Waals surface area contributed by atoms with Crippen LogP contribution in [0.5, 0.6) is 0 Å². The molecule has 6 heteroatoms. The summed E-state index contributed by atoms with van der Waals surface area (Å²) in [5.74, 6) is 8.84. The summed E-state index contributed by atoms with van der Waals surface area (Å²) in [5.41, 5.74) is 2.61. The van der Waals surface area contributed by atoms with Gasteiger partial charge in [0, 0.05) is 25.1 Å². The minimum Gasteiger partial charge on any atom is -0.355 e. The molecule has 1 heterocycles. The highest BCUT2D eigenvalue weighted by molar-refractivity contribution is 5.49. The van der Waals surface area contributed by atoms with E-state index in [1.165, 1.54) is 0 Å². The smallest absolute Gasteiger partial charge is 0.145 e.